The molecule has 2 N–H and O–H groups in total. The average molecular weight is 193 g/mol. The number of hydrogen-bond donors (Lipinski definition) is 1. The fourth-order valence-electron chi connectivity index (χ4n) is 1.69. The summed E-state index contributed by atoms with van der Waals surface area (Å²) < 4.78 is 10.6. The number of fused-ring (bicyclic) bond motifs is 1. The van der Waals surface area contributed by atoms with Crippen LogP contribution >= 0.6 is 0 Å². The van der Waals surface area contributed by atoms with Gasteiger partial charge < -0.3 is 15.2 Å². The zero-order valence-corrected chi connectivity index (χ0v) is 8.32. The Hall–Kier alpha value is -1.06. The Morgan fingerprint density at radius 3 is 3.14 bits per heavy atom. The average Bonchev–Trinajstić information content (AvgIpc) is 2.27. The van der Waals surface area contributed by atoms with E-state index in [1.54, 1.807) is 7.11 Å². The van der Waals surface area contributed by atoms with Gasteiger partial charge in [-0.25, -0.2) is 0 Å². The molecule has 0 amide bonds. The number of rotatable bonds is 2. The predicted molar refractivity (Wildman–Crippen MR) is 54.2 cm³/mol. The number of hydrogen-bond acceptors (Lipinski definition) is 3. The van der Waals surface area contributed by atoms with Crippen LogP contribution in [-0.4, -0.2) is 13.7 Å². The van der Waals surface area contributed by atoms with Crippen LogP contribution < -0.4 is 10.5 Å². The van der Waals surface area contributed by atoms with Crippen molar-refractivity contribution in [1.82, 2.24) is 0 Å². The maximum Gasteiger partial charge on any atom is 0.131 e. The number of nitrogens with two attached hydrogens (primary N) is 1. The van der Waals surface area contributed by atoms with Crippen molar-refractivity contribution in [2.45, 2.75) is 19.1 Å². The summed E-state index contributed by atoms with van der Waals surface area (Å²) >= 11 is 0. The first-order chi connectivity index (χ1) is 6.81. The van der Waals surface area contributed by atoms with E-state index >= 15 is 0 Å². The molecule has 3 heteroatoms. The lowest BCUT2D eigenvalue weighted by Crippen LogP contribution is -2.14. The molecule has 1 aliphatic rings. The van der Waals surface area contributed by atoms with Gasteiger partial charge >= 0.3 is 0 Å². The van der Waals surface area contributed by atoms with Gasteiger partial charge in [0.1, 0.15) is 12.0 Å². The van der Waals surface area contributed by atoms with E-state index in [1.165, 1.54) is 5.56 Å². The summed E-state index contributed by atoms with van der Waals surface area (Å²) in [5.41, 5.74) is 8.01. The first-order valence-electron chi connectivity index (χ1n) is 4.85. The van der Waals surface area contributed by atoms with Gasteiger partial charge in [-0.1, -0.05) is 6.07 Å². The molecule has 14 heavy (non-hydrogen) atoms. The summed E-state index contributed by atoms with van der Waals surface area (Å²) in [5.74, 6) is 0.989. The SMILES string of the molecule is COC(N)c1ccc2c(c1)CCCO2. The van der Waals surface area contributed by atoms with Crippen LogP contribution in [0.5, 0.6) is 5.75 Å². The molecule has 1 aliphatic heterocycles. The van der Waals surface area contributed by atoms with E-state index in [0.29, 0.717) is 0 Å². The van der Waals surface area contributed by atoms with Crippen molar-refractivity contribution in [2.75, 3.05) is 13.7 Å². The third-order valence-electron chi connectivity index (χ3n) is 2.52. The molecule has 3 nitrogen and oxygen atoms in total. The second kappa shape index (κ2) is 3.98. The van der Waals surface area contributed by atoms with Gasteiger partial charge in [0.25, 0.3) is 0 Å². The minimum atomic E-state index is -0.331. The maximum absolute atomic E-state index is 5.76. The van der Waals surface area contributed by atoms with Crippen LogP contribution in [-0.2, 0) is 11.2 Å². The minimum absolute atomic E-state index is 0.331. The quantitative estimate of drug-likeness (QED) is 0.726. The standard InChI is InChI=1S/C11H15NO2/c1-13-11(12)9-4-5-10-8(7-9)3-2-6-14-10/h4-5,7,11H,2-3,6,12H2,1H3. The Labute approximate surface area is 83.8 Å². The monoisotopic (exact) mass is 193 g/mol. The lowest BCUT2D eigenvalue weighted by molar-refractivity contribution is 0.109. The normalized spacial score (nSPS) is 17.0. The highest BCUT2D eigenvalue weighted by atomic mass is 16.5. The van der Waals surface area contributed by atoms with E-state index < -0.39 is 0 Å². The number of aryl methyl sites for hydroxylation is 1. The van der Waals surface area contributed by atoms with Gasteiger partial charge in [0, 0.05) is 7.11 Å². The summed E-state index contributed by atoms with van der Waals surface area (Å²) in [4.78, 5) is 0. The molecule has 0 saturated carbocycles. The van der Waals surface area contributed by atoms with Crippen molar-refractivity contribution in [3.63, 3.8) is 0 Å². The lowest BCUT2D eigenvalue weighted by Gasteiger charge is -2.19. The van der Waals surface area contributed by atoms with E-state index in [9.17, 15) is 0 Å². The van der Waals surface area contributed by atoms with Crippen LogP contribution in [0.4, 0.5) is 0 Å². The Bertz CT molecular complexity index is 325. The van der Waals surface area contributed by atoms with Gasteiger partial charge in [-0.15, -0.1) is 0 Å². The lowest BCUT2D eigenvalue weighted by atomic mass is 10.0. The molecule has 0 aliphatic carbocycles. The molecule has 1 aromatic rings. The number of benzene rings is 1. The third-order valence-corrected chi connectivity index (χ3v) is 2.52. The van der Waals surface area contributed by atoms with Gasteiger partial charge in [-0.3, -0.25) is 0 Å². The smallest absolute Gasteiger partial charge is 0.131 e. The Balaban J connectivity index is 2.29. The summed E-state index contributed by atoms with van der Waals surface area (Å²) in [5, 5.41) is 0. The van der Waals surface area contributed by atoms with Crippen molar-refractivity contribution in [3.8, 4) is 5.75 Å². The van der Waals surface area contributed by atoms with Crippen LogP contribution in [0.3, 0.4) is 0 Å². The van der Waals surface area contributed by atoms with Crippen molar-refractivity contribution < 1.29 is 9.47 Å². The topological polar surface area (TPSA) is 44.5 Å². The summed E-state index contributed by atoms with van der Waals surface area (Å²) in [6, 6.07) is 6.00. The van der Waals surface area contributed by atoms with Crippen molar-refractivity contribution in [2.24, 2.45) is 5.73 Å². The molecule has 2 rings (SSSR count). The predicted octanol–water partition coefficient (Wildman–Crippen LogP) is 1.62. The van der Waals surface area contributed by atoms with Gasteiger partial charge in [0.15, 0.2) is 0 Å². The molecule has 1 aromatic carbocycles. The second-order valence-electron chi connectivity index (χ2n) is 3.48. The highest BCUT2D eigenvalue weighted by Crippen LogP contribution is 2.27. The van der Waals surface area contributed by atoms with Crippen molar-refractivity contribution in [1.29, 1.82) is 0 Å². The van der Waals surface area contributed by atoms with E-state index in [-0.39, 0.29) is 6.23 Å². The first-order valence-corrected chi connectivity index (χ1v) is 4.85. The molecule has 0 radical (unpaired) electrons. The van der Waals surface area contributed by atoms with Crippen molar-refractivity contribution in [3.05, 3.63) is 29.3 Å². The highest BCUT2D eigenvalue weighted by molar-refractivity contribution is 5.39. The minimum Gasteiger partial charge on any atom is -0.493 e. The molecule has 1 unspecified atom stereocenters. The first kappa shape index (κ1) is 9.49. The van der Waals surface area contributed by atoms with Gasteiger partial charge in [-0.2, -0.15) is 0 Å². The molecule has 76 valence electrons. The van der Waals surface area contributed by atoms with E-state index in [0.717, 1.165) is 30.8 Å². The fourth-order valence-corrected chi connectivity index (χ4v) is 1.69. The van der Waals surface area contributed by atoms with Gasteiger partial charge in [0.2, 0.25) is 0 Å². The molecular weight excluding hydrogens is 178 g/mol. The Kier molecular flexibility index (Phi) is 2.70. The van der Waals surface area contributed by atoms with Crippen LogP contribution in [0, 0.1) is 0 Å². The van der Waals surface area contributed by atoms with Crippen LogP contribution in [0.15, 0.2) is 18.2 Å². The molecule has 0 bridgehead atoms. The molecule has 0 aromatic heterocycles. The summed E-state index contributed by atoms with van der Waals surface area (Å²) in [6.07, 6.45) is 1.82. The largest absolute Gasteiger partial charge is 0.493 e. The fraction of sp³-hybridized carbons (Fsp3) is 0.455. The van der Waals surface area contributed by atoms with Crippen LogP contribution in [0.1, 0.15) is 23.8 Å². The Morgan fingerprint density at radius 1 is 1.50 bits per heavy atom. The Morgan fingerprint density at radius 2 is 2.36 bits per heavy atom. The van der Waals surface area contributed by atoms with Crippen molar-refractivity contribution >= 4 is 0 Å². The number of ether oxygens (including phenoxy) is 2. The maximum atomic E-state index is 5.76. The number of methoxy groups -OCH3 is 1. The van der Waals surface area contributed by atoms with Gasteiger partial charge in [0.05, 0.1) is 6.61 Å². The van der Waals surface area contributed by atoms with E-state index in [2.05, 4.69) is 6.07 Å². The molecule has 0 fully saturated rings. The second-order valence-corrected chi connectivity index (χ2v) is 3.48. The summed E-state index contributed by atoms with van der Waals surface area (Å²) in [6.45, 7) is 0.822. The third kappa shape index (κ3) is 1.74. The van der Waals surface area contributed by atoms with Gasteiger partial charge in [-0.05, 0) is 36.1 Å². The molecule has 1 atom stereocenters. The molecule has 1 heterocycles. The van der Waals surface area contributed by atoms with Crippen LogP contribution in [0.25, 0.3) is 0 Å². The van der Waals surface area contributed by atoms with Crippen LogP contribution in [0.2, 0.25) is 0 Å². The zero-order chi connectivity index (χ0) is 9.97. The summed E-state index contributed by atoms with van der Waals surface area (Å²) in [7, 11) is 1.61. The molecular formula is C11H15NO2. The molecule has 0 spiro atoms. The molecule has 0 saturated heterocycles. The van der Waals surface area contributed by atoms with E-state index in [4.69, 9.17) is 15.2 Å². The zero-order valence-electron chi connectivity index (χ0n) is 8.32. The van der Waals surface area contributed by atoms with E-state index in [1.807, 2.05) is 12.1 Å². The highest BCUT2D eigenvalue weighted by Gasteiger charge is 2.12.